The van der Waals surface area contributed by atoms with Crippen molar-refractivity contribution < 1.29 is 40.9 Å². The lowest BCUT2D eigenvalue weighted by atomic mass is 9.86. The number of alkyl halides is 7. The van der Waals surface area contributed by atoms with Crippen molar-refractivity contribution in [2.24, 2.45) is 0 Å². The summed E-state index contributed by atoms with van der Waals surface area (Å²) in [5.74, 6) is -5.36. The summed E-state index contributed by atoms with van der Waals surface area (Å²) in [6.07, 6.45) is -10.6. The third-order valence-corrected chi connectivity index (χ3v) is 4.01. The molecule has 0 spiro atoms. The van der Waals surface area contributed by atoms with Gasteiger partial charge in [0.05, 0.1) is 0 Å². The molecule has 2 nitrogen and oxygen atoms in total. The molecule has 9 heteroatoms. The van der Waals surface area contributed by atoms with Crippen molar-refractivity contribution in [3.63, 3.8) is 0 Å². The lowest BCUT2D eigenvalue weighted by Crippen LogP contribution is -2.41. The minimum absolute atomic E-state index is 0.0603. The molecule has 1 aromatic rings. The van der Waals surface area contributed by atoms with E-state index < -0.39 is 40.9 Å². The molecule has 0 heterocycles. The largest absolute Gasteiger partial charge is 0.453 e. The van der Waals surface area contributed by atoms with Gasteiger partial charge in [0, 0.05) is 5.56 Å². The normalized spacial score (nSPS) is 19.5. The summed E-state index contributed by atoms with van der Waals surface area (Å²) in [6.45, 7) is 3.48. The molecular weight excluding hydrogens is 345 g/mol. The van der Waals surface area contributed by atoms with E-state index in [4.69, 9.17) is 5.11 Å². The maximum atomic E-state index is 13.8. The Hall–Kier alpha value is -1.35. The molecule has 1 aromatic carbocycles. The second-order valence-corrected chi connectivity index (χ2v) is 5.84. The molecule has 0 bridgehead atoms. The van der Waals surface area contributed by atoms with Gasteiger partial charge in [-0.3, -0.25) is 0 Å². The summed E-state index contributed by atoms with van der Waals surface area (Å²) < 4.78 is 90.8. The molecule has 0 aromatic heterocycles. The van der Waals surface area contributed by atoms with E-state index in [-0.39, 0.29) is 11.6 Å². The molecule has 0 aliphatic heterocycles. The number of benzene rings is 1. The Morgan fingerprint density at radius 1 is 0.875 bits per heavy atom. The molecule has 0 aliphatic rings. The van der Waals surface area contributed by atoms with Gasteiger partial charge in [0.1, 0.15) is 0 Å². The van der Waals surface area contributed by atoms with Crippen LogP contribution in [-0.4, -0.2) is 22.6 Å². The predicted molar refractivity (Wildman–Crippen MR) is 71.8 cm³/mol. The molecule has 3 atom stereocenters. The Labute approximate surface area is 133 Å². The molecule has 1 rings (SSSR count). The summed E-state index contributed by atoms with van der Waals surface area (Å²) in [5.41, 5.74) is -5.96. The van der Waals surface area contributed by atoms with Gasteiger partial charge in [0.25, 0.3) is 0 Å². The van der Waals surface area contributed by atoms with Gasteiger partial charge in [0.15, 0.2) is 5.60 Å². The van der Waals surface area contributed by atoms with Crippen LogP contribution in [0.15, 0.2) is 18.2 Å². The van der Waals surface area contributed by atoms with E-state index in [1.165, 1.54) is 6.92 Å². The van der Waals surface area contributed by atoms with Gasteiger partial charge in [0.2, 0.25) is 0 Å². The van der Waals surface area contributed by atoms with Gasteiger partial charge in [-0.2, -0.15) is 30.7 Å². The minimum Gasteiger partial charge on any atom is -0.376 e. The summed E-state index contributed by atoms with van der Waals surface area (Å²) in [7, 11) is 0. The van der Waals surface area contributed by atoms with Crippen molar-refractivity contribution >= 4 is 0 Å². The van der Waals surface area contributed by atoms with E-state index in [1.807, 2.05) is 0 Å². The van der Waals surface area contributed by atoms with Gasteiger partial charge >= 0.3 is 18.2 Å². The first kappa shape index (κ1) is 20.7. The van der Waals surface area contributed by atoms with Gasteiger partial charge in [-0.25, -0.2) is 0 Å². The average Bonchev–Trinajstić information content (AvgIpc) is 2.43. The third-order valence-electron chi connectivity index (χ3n) is 4.01. The predicted octanol–water partition coefficient (Wildman–Crippen LogP) is 4.65. The van der Waals surface area contributed by atoms with Crippen LogP contribution in [-0.2, 0) is 11.5 Å². The fourth-order valence-electron chi connectivity index (χ4n) is 1.97. The summed E-state index contributed by atoms with van der Waals surface area (Å²) in [5, 5.41) is 18.8. The maximum absolute atomic E-state index is 13.8. The average molecular weight is 362 g/mol. The highest BCUT2D eigenvalue weighted by molar-refractivity contribution is 5.38. The molecule has 0 saturated carbocycles. The fourth-order valence-corrected chi connectivity index (χ4v) is 1.97. The molecule has 138 valence electrons. The van der Waals surface area contributed by atoms with Crippen molar-refractivity contribution in [2.45, 2.75) is 56.9 Å². The number of rotatable bonds is 4. The van der Waals surface area contributed by atoms with Crippen LogP contribution in [0.25, 0.3) is 0 Å². The van der Waals surface area contributed by atoms with E-state index in [0.717, 1.165) is 6.07 Å². The molecule has 2 N–H and O–H groups in total. The second-order valence-electron chi connectivity index (χ2n) is 5.84. The molecule has 24 heavy (non-hydrogen) atoms. The van der Waals surface area contributed by atoms with E-state index in [1.54, 1.807) is 6.92 Å². The Balaban J connectivity index is 3.67. The van der Waals surface area contributed by atoms with Crippen LogP contribution >= 0.6 is 0 Å². The van der Waals surface area contributed by atoms with Crippen LogP contribution in [0, 0.1) is 0 Å². The Kier molecular flexibility index (Phi) is 5.33. The van der Waals surface area contributed by atoms with Gasteiger partial charge < -0.3 is 10.2 Å². The fraction of sp³-hybridized carbons (Fsp3) is 0.600. The summed E-state index contributed by atoms with van der Waals surface area (Å²) in [6, 6.07) is 1.68. The topological polar surface area (TPSA) is 40.5 Å². The molecular formula is C15H17F7O2. The van der Waals surface area contributed by atoms with Gasteiger partial charge in [-0.1, -0.05) is 19.9 Å². The van der Waals surface area contributed by atoms with Crippen molar-refractivity contribution in [3.05, 3.63) is 34.9 Å². The van der Waals surface area contributed by atoms with E-state index >= 15 is 0 Å². The maximum Gasteiger partial charge on any atom is 0.453 e. The van der Waals surface area contributed by atoms with Crippen molar-refractivity contribution in [2.75, 3.05) is 0 Å². The van der Waals surface area contributed by atoms with Crippen LogP contribution in [0.2, 0.25) is 0 Å². The first-order valence-corrected chi connectivity index (χ1v) is 6.98. The first-order valence-electron chi connectivity index (χ1n) is 6.98. The smallest absolute Gasteiger partial charge is 0.376 e. The van der Waals surface area contributed by atoms with Crippen LogP contribution in [0.5, 0.6) is 0 Å². The SMILES string of the molecule is CCC(C)c1cc(C(C)(O)C(F)(F)F)cc(C(O)(F)C(F)(F)F)c1. The van der Waals surface area contributed by atoms with Crippen molar-refractivity contribution in [3.8, 4) is 0 Å². The molecule has 0 saturated heterocycles. The van der Waals surface area contributed by atoms with Gasteiger partial charge in [-0.05, 0) is 42.5 Å². The third kappa shape index (κ3) is 3.66. The quantitative estimate of drug-likeness (QED) is 0.766. The van der Waals surface area contributed by atoms with Crippen LogP contribution < -0.4 is 0 Å². The second kappa shape index (κ2) is 6.18. The van der Waals surface area contributed by atoms with E-state index in [2.05, 4.69) is 0 Å². The van der Waals surface area contributed by atoms with Crippen molar-refractivity contribution in [1.29, 1.82) is 0 Å². The molecule has 0 fully saturated rings. The van der Waals surface area contributed by atoms with Crippen LogP contribution in [0.1, 0.15) is 49.8 Å². The zero-order valence-electron chi connectivity index (χ0n) is 13.1. The standard InChI is InChI=1S/C15H17F7O2/c1-4-8(2)9-5-10(12(3,23)14(17,18)19)7-11(6-9)13(16,24)15(20,21)22/h5-8,23-24H,4H2,1-3H3. The molecule has 3 unspecified atom stereocenters. The summed E-state index contributed by atoms with van der Waals surface area (Å²) in [4.78, 5) is 0. The monoisotopic (exact) mass is 362 g/mol. The molecule has 0 aliphatic carbocycles. The lowest BCUT2D eigenvalue weighted by Gasteiger charge is -2.30. The first-order chi connectivity index (χ1) is 10.6. The highest BCUT2D eigenvalue weighted by atomic mass is 19.4. The molecule has 0 radical (unpaired) electrons. The Bertz CT molecular complexity index is 544. The number of hydrogen-bond donors (Lipinski definition) is 2. The minimum atomic E-state index is -5.75. The number of halogens is 7. The van der Waals surface area contributed by atoms with E-state index in [9.17, 15) is 35.8 Å². The number of aliphatic hydroxyl groups is 2. The molecule has 0 amide bonds. The zero-order chi connectivity index (χ0) is 19.1. The van der Waals surface area contributed by atoms with Gasteiger partial charge in [-0.15, -0.1) is 0 Å². The highest BCUT2D eigenvalue weighted by Gasteiger charge is 2.58. The lowest BCUT2D eigenvalue weighted by molar-refractivity contribution is -0.323. The van der Waals surface area contributed by atoms with E-state index in [0.29, 0.717) is 19.4 Å². The number of hydrogen-bond acceptors (Lipinski definition) is 2. The Morgan fingerprint density at radius 2 is 1.33 bits per heavy atom. The summed E-state index contributed by atoms with van der Waals surface area (Å²) >= 11 is 0. The zero-order valence-corrected chi connectivity index (χ0v) is 13.1. The van der Waals surface area contributed by atoms with Crippen LogP contribution in [0.4, 0.5) is 30.7 Å². The van der Waals surface area contributed by atoms with Crippen molar-refractivity contribution in [1.82, 2.24) is 0 Å². The highest BCUT2D eigenvalue weighted by Crippen LogP contribution is 2.45. The Morgan fingerprint density at radius 3 is 1.71 bits per heavy atom. The van der Waals surface area contributed by atoms with Crippen LogP contribution in [0.3, 0.4) is 0 Å².